The molecule has 0 saturated carbocycles. The first kappa shape index (κ1) is 20.4. The Morgan fingerprint density at radius 2 is 1.70 bits per heavy atom. The van der Waals surface area contributed by atoms with Crippen LogP contribution in [0, 0.1) is 5.92 Å². The van der Waals surface area contributed by atoms with E-state index in [-0.39, 0.29) is 10.8 Å². The van der Waals surface area contributed by atoms with Gasteiger partial charge in [0, 0.05) is 18.8 Å². The first-order valence-corrected chi connectivity index (χ1v) is 11.4. The summed E-state index contributed by atoms with van der Waals surface area (Å²) in [6.45, 7) is 1.05. The second kappa shape index (κ2) is 8.85. The number of nitrogens with one attached hydrogen (secondary N) is 1. The lowest BCUT2D eigenvalue weighted by Gasteiger charge is -2.31. The molecule has 156 valence electrons. The third-order valence-electron chi connectivity index (χ3n) is 5.47. The van der Waals surface area contributed by atoms with Gasteiger partial charge in [0.05, 0.1) is 16.7 Å². The van der Waals surface area contributed by atoms with E-state index in [0.717, 1.165) is 19.3 Å². The minimum Gasteiger partial charge on any atom is -0.472 e. The molecule has 1 N–H and O–H groups in total. The molecular weight excluding hydrogens is 400 g/mol. The Labute approximate surface area is 176 Å². The second-order valence-electron chi connectivity index (χ2n) is 7.53. The summed E-state index contributed by atoms with van der Waals surface area (Å²) >= 11 is 0. The average Bonchev–Trinajstić information content (AvgIpc) is 3.30. The van der Waals surface area contributed by atoms with Crippen molar-refractivity contribution >= 4 is 21.6 Å². The van der Waals surface area contributed by atoms with Crippen LogP contribution >= 0.6 is 0 Å². The van der Waals surface area contributed by atoms with Crippen molar-refractivity contribution in [2.24, 2.45) is 5.92 Å². The number of nitrogens with zero attached hydrogens (tertiary/aromatic N) is 1. The average molecular weight is 425 g/mol. The van der Waals surface area contributed by atoms with Crippen LogP contribution in [-0.2, 0) is 16.4 Å². The summed E-state index contributed by atoms with van der Waals surface area (Å²) in [5, 5.41) is 2.72. The van der Waals surface area contributed by atoms with Crippen LogP contribution in [0.1, 0.15) is 28.8 Å². The number of piperidine rings is 1. The monoisotopic (exact) mass is 424 g/mol. The topological polar surface area (TPSA) is 79.6 Å². The first-order valence-electron chi connectivity index (χ1n) is 10.00. The summed E-state index contributed by atoms with van der Waals surface area (Å²) in [7, 11) is -3.54. The fourth-order valence-corrected chi connectivity index (χ4v) is 5.23. The molecule has 2 heterocycles. The number of anilines is 1. The van der Waals surface area contributed by atoms with Gasteiger partial charge in [-0.25, -0.2) is 8.42 Å². The molecule has 0 spiro atoms. The smallest absolute Gasteiger partial charge is 0.258 e. The third kappa shape index (κ3) is 4.63. The predicted molar refractivity (Wildman–Crippen MR) is 115 cm³/mol. The molecule has 0 unspecified atom stereocenters. The molecule has 3 aromatic rings. The number of carbonyl (C=O) groups excluding carboxylic acids is 1. The largest absolute Gasteiger partial charge is 0.472 e. The molecule has 2 aromatic carbocycles. The molecule has 0 atom stereocenters. The van der Waals surface area contributed by atoms with Crippen LogP contribution in [0.15, 0.2) is 82.5 Å². The zero-order valence-electron chi connectivity index (χ0n) is 16.5. The van der Waals surface area contributed by atoms with Crippen molar-refractivity contribution in [2.45, 2.75) is 24.2 Å². The molecule has 1 amide bonds. The van der Waals surface area contributed by atoms with Gasteiger partial charge in [-0.1, -0.05) is 30.3 Å². The third-order valence-corrected chi connectivity index (χ3v) is 7.39. The highest BCUT2D eigenvalue weighted by molar-refractivity contribution is 7.89. The first-order chi connectivity index (χ1) is 14.5. The zero-order valence-corrected chi connectivity index (χ0v) is 17.3. The highest BCUT2D eigenvalue weighted by Gasteiger charge is 2.29. The van der Waals surface area contributed by atoms with Crippen molar-refractivity contribution in [1.82, 2.24) is 4.31 Å². The van der Waals surface area contributed by atoms with Gasteiger partial charge < -0.3 is 9.73 Å². The molecule has 1 aliphatic heterocycles. The quantitative estimate of drug-likeness (QED) is 0.644. The highest BCUT2D eigenvalue weighted by atomic mass is 32.2. The van der Waals surface area contributed by atoms with Crippen LogP contribution < -0.4 is 5.32 Å². The van der Waals surface area contributed by atoms with E-state index in [1.807, 2.05) is 18.2 Å². The molecule has 1 fully saturated rings. The van der Waals surface area contributed by atoms with Crippen molar-refractivity contribution in [3.63, 3.8) is 0 Å². The summed E-state index contributed by atoms with van der Waals surface area (Å²) in [4.78, 5) is 12.3. The van der Waals surface area contributed by atoms with Gasteiger partial charge in [0.15, 0.2) is 0 Å². The molecule has 0 aliphatic carbocycles. The van der Waals surface area contributed by atoms with Gasteiger partial charge in [-0.05, 0) is 61.1 Å². The molecule has 0 bridgehead atoms. The van der Waals surface area contributed by atoms with Gasteiger partial charge in [-0.3, -0.25) is 4.79 Å². The van der Waals surface area contributed by atoms with Gasteiger partial charge in [0.1, 0.15) is 6.26 Å². The van der Waals surface area contributed by atoms with Gasteiger partial charge in [-0.2, -0.15) is 4.31 Å². The highest BCUT2D eigenvalue weighted by Crippen LogP contribution is 2.27. The van der Waals surface area contributed by atoms with Crippen molar-refractivity contribution in [3.8, 4) is 0 Å². The standard InChI is InChI=1S/C23H24N2O4S/c26-23(20-12-15-29-17-20)24-21-6-8-22(9-7-21)30(27,28)25-13-10-19(11-14-25)16-18-4-2-1-3-5-18/h1-9,12,15,17,19H,10-11,13-14,16H2,(H,24,26). The van der Waals surface area contributed by atoms with Crippen molar-refractivity contribution in [1.29, 1.82) is 0 Å². The fourth-order valence-electron chi connectivity index (χ4n) is 3.76. The molecule has 6 nitrogen and oxygen atoms in total. The fraction of sp³-hybridized carbons (Fsp3) is 0.261. The van der Waals surface area contributed by atoms with Crippen LogP contribution in [-0.4, -0.2) is 31.7 Å². The maximum Gasteiger partial charge on any atom is 0.258 e. The van der Waals surface area contributed by atoms with E-state index in [1.54, 1.807) is 22.5 Å². The van der Waals surface area contributed by atoms with Crippen LogP contribution in [0.4, 0.5) is 5.69 Å². The van der Waals surface area contributed by atoms with E-state index in [4.69, 9.17) is 4.42 Å². The molecule has 1 aromatic heterocycles. The minimum absolute atomic E-state index is 0.241. The molecular formula is C23H24N2O4S. The number of hydrogen-bond donors (Lipinski definition) is 1. The van der Waals surface area contributed by atoms with E-state index >= 15 is 0 Å². The summed E-state index contributed by atoms with van der Waals surface area (Å²) < 4.78 is 32.5. The van der Waals surface area contributed by atoms with E-state index < -0.39 is 10.0 Å². The van der Waals surface area contributed by atoms with E-state index in [1.165, 1.54) is 30.2 Å². The van der Waals surface area contributed by atoms with Crippen LogP contribution in [0.3, 0.4) is 0 Å². The number of furan rings is 1. The SMILES string of the molecule is O=C(Nc1ccc(S(=O)(=O)N2CCC(Cc3ccccc3)CC2)cc1)c1ccoc1. The van der Waals surface area contributed by atoms with E-state index in [9.17, 15) is 13.2 Å². The zero-order chi connectivity index (χ0) is 21.0. The number of benzene rings is 2. The number of sulfonamides is 1. The van der Waals surface area contributed by atoms with Crippen molar-refractivity contribution in [3.05, 3.63) is 84.3 Å². The number of rotatable bonds is 6. The van der Waals surface area contributed by atoms with Crippen LogP contribution in [0.2, 0.25) is 0 Å². The maximum atomic E-state index is 13.0. The Morgan fingerprint density at radius 1 is 1.00 bits per heavy atom. The van der Waals surface area contributed by atoms with Gasteiger partial charge >= 0.3 is 0 Å². The summed E-state index contributed by atoms with van der Waals surface area (Å²) in [5.41, 5.74) is 2.23. The van der Waals surface area contributed by atoms with Gasteiger partial charge in [0.2, 0.25) is 10.0 Å². The van der Waals surface area contributed by atoms with E-state index in [2.05, 4.69) is 17.4 Å². The van der Waals surface area contributed by atoms with Crippen LogP contribution in [0.25, 0.3) is 0 Å². The Bertz CT molecular complexity index is 1070. The molecule has 7 heteroatoms. The lowest BCUT2D eigenvalue weighted by atomic mass is 9.91. The Hall–Kier alpha value is -2.90. The predicted octanol–water partition coefficient (Wildman–Crippen LogP) is 4.18. The van der Waals surface area contributed by atoms with E-state index in [0.29, 0.717) is 30.3 Å². The van der Waals surface area contributed by atoms with Crippen molar-refractivity contribution < 1.29 is 17.6 Å². The Morgan fingerprint density at radius 3 is 2.33 bits per heavy atom. The molecule has 1 saturated heterocycles. The number of carbonyl (C=O) groups is 1. The second-order valence-corrected chi connectivity index (χ2v) is 9.47. The maximum absolute atomic E-state index is 13.0. The summed E-state index contributed by atoms with van der Waals surface area (Å²) in [6.07, 6.45) is 5.48. The lowest BCUT2D eigenvalue weighted by molar-refractivity contribution is 0.102. The number of amides is 1. The van der Waals surface area contributed by atoms with Crippen molar-refractivity contribution in [2.75, 3.05) is 18.4 Å². The lowest BCUT2D eigenvalue weighted by Crippen LogP contribution is -2.38. The summed E-state index contributed by atoms with van der Waals surface area (Å²) in [6, 6.07) is 18.2. The Balaban J connectivity index is 1.36. The molecule has 4 rings (SSSR count). The normalized spacial score (nSPS) is 15.7. The summed E-state index contributed by atoms with van der Waals surface area (Å²) in [5.74, 6) is 0.194. The van der Waals surface area contributed by atoms with Gasteiger partial charge in [-0.15, -0.1) is 0 Å². The Kier molecular flexibility index (Phi) is 6.01. The number of hydrogen-bond acceptors (Lipinski definition) is 4. The molecule has 1 aliphatic rings. The minimum atomic E-state index is -3.54. The molecule has 0 radical (unpaired) electrons. The van der Waals surface area contributed by atoms with Crippen LogP contribution in [0.5, 0.6) is 0 Å². The van der Waals surface area contributed by atoms with Gasteiger partial charge in [0.25, 0.3) is 5.91 Å². The molecule has 30 heavy (non-hydrogen) atoms.